The van der Waals surface area contributed by atoms with Gasteiger partial charge in [-0.05, 0) is 17.7 Å². The smallest absolute Gasteiger partial charge is 0.211 e. The highest BCUT2D eigenvalue weighted by Gasteiger charge is 2.17. The van der Waals surface area contributed by atoms with Crippen LogP contribution in [0.15, 0.2) is 77.7 Å². The van der Waals surface area contributed by atoms with Gasteiger partial charge in [0.25, 0.3) is 0 Å². The first-order valence-corrected chi connectivity index (χ1v) is 9.57. The normalized spacial score (nSPS) is 14.9. The second-order valence-corrected chi connectivity index (χ2v) is 6.87. The van der Waals surface area contributed by atoms with Crippen LogP contribution in [0.5, 0.6) is 0 Å². The Morgan fingerprint density at radius 1 is 1.00 bits per heavy atom. The summed E-state index contributed by atoms with van der Waals surface area (Å²) >= 11 is 1.39. The molecule has 0 fully saturated rings. The molecule has 5 nitrogen and oxygen atoms in total. The summed E-state index contributed by atoms with van der Waals surface area (Å²) in [6.07, 6.45) is 1.10. The standard InChI is InChI=1S/C21H26O5S/c1-24-21(27-18-11-6-3-7-12-18)26-16-20(23)19(22)13-8-14-25-15-17-9-4-2-5-10-17/h2-13,19-23H,14-16H2,1H3/b13-8+/t19-,20+,21?/m1/s1. The molecule has 0 aliphatic heterocycles. The van der Waals surface area contributed by atoms with Gasteiger partial charge in [0, 0.05) is 12.0 Å². The van der Waals surface area contributed by atoms with E-state index in [1.165, 1.54) is 24.9 Å². The van der Waals surface area contributed by atoms with E-state index in [-0.39, 0.29) is 6.61 Å². The summed E-state index contributed by atoms with van der Waals surface area (Å²) in [7, 11) is 1.54. The minimum Gasteiger partial charge on any atom is -0.388 e. The Hall–Kier alpha value is -1.67. The van der Waals surface area contributed by atoms with Gasteiger partial charge < -0.3 is 24.4 Å². The van der Waals surface area contributed by atoms with Gasteiger partial charge in [0.15, 0.2) is 0 Å². The van der Waals surface area contributed by atoms with Crippen LogP contribution in [0.25, 0.3) is 0 Å². The Bertz CT molecular complexity index is 650. The van der Waals surface area contributed by atoms with Crippen molar-refractivity contribution in [2.24, 2.45) is 0 Å². The van der Waals surface area contributed by atoms with E-state index in [9.17, 15) is 10.2 Å². The molecular formula is C21H26O5S. The molecule has 0 aliphatic carbocycles. The highest BCUT2D eigenvalue weighted by molar-refractivity contribution is 7.99. The SMILES string of the molecule is COC(OC[C@H](O)[C@H](O)/C=C/COCc1ccccc1)Sc1ccccc1. The molecule has 0 radical (unpaired) electrons. The highest BCUT2D eigenvalue weighted by atomic mass is 32.2. The lowest BCUT2D eigenvalue weighted by Gasteiger charge is -2.20. The topological polar surface area (TPSA) is 68.2 Å². The number of hydrogen-bond donors (Lipinski definition) is 2. The third kappa shape index (κ3) is 8.71. The van der Waals surface area contributed by atoms with E-state index >= 15 is 0 Å². The highest BCUT2D eigenvalue weighted by Crippen LogP contribution is 2.24. The van der Waals surface area contributed by atoms with Crippen LogP contribution in [0.3, 0.4) is 0 Å². The average Bonchev–Trinajstić information content (AvgIpc) is 2.72. The zero-order valence-electron chi connectivity index (χ0n) is 15.3. The van der Waals surface area contributed by atoms with Gasteiger partial charge in [-0.15, -0.1) is 0 Å². The Morgan fingerprint density at radius 2 is 1.67 bits per heavy atom. The lowest BCUT2D eigenvalue weighted by atomic mass is 10.2. The first-order valence-electron chi connectivity index (χ1n) is 8.69. The summed E-state index contributed by atoms with van der Waals surface area (Å²) in [5.41, 5.74) is 0.522. The van der Waals surface area contributed by atoms with Gasteiger partial charge in [-0.25, -0.2) is 0 Å². The number of aliphatic hydroxyl groups is 2. The molecule has 0 spiro atoms. The number of aliphatic hydroxyl groups excluding tert-OH is 2. The van der Waals surface area contributed by atoms with Gasteiger partial charge in [-0.3, -0.25) is 0 Å². The van der Waals surface area contributed by atoms with Crippen LogP contribution >= 0.6 is 11.8 Å². The molecule has 0 aliphatic rings. The predicted molar refractivity (Wildman–Crippen MR) is 106 cm³/mol. The lowest BCUT2D eigenvalue weighted by molar-refractivity contribution is -0.101. The third-order valence-electron chi connectivity index (χ3n) is 3.62. The molecular weight excluding hydrogens is 364 g/mol. The molecule has 6 heteroatoms. The number of methoxy groups -OCH3 is 1. The fourth-order valence-corrected chi connectivity index (χ4v) is 2.96. The number of benzene rings is 2. The third-order valence-corrected chi connectivity index (χ3v) is 4.69. The molecule has 146 valence electrons. The van der Waals surface area contributed by atoms with E-state index in [4.69, 9.17) is 14.2 Å². The predicted octanol–water partition coefficient (Wildman–Crippen LogP) is 3.22. The molecule has 1 unspecified atom stereocenters. The Morgan fingerprint density at radius 3 is 2.33 bits per heavy atom. The van der Waals surface area contributed by atoms with E-state index in [1.54, 1.807) is 6.08 Å². The molecule has 0 aromatic heterocycles. The van der Waals surface area contributed by atoms with Gasteiger partial charge in [-0.2, -0.15) is 0 Å². The number of thioether (sulfide) groups is 1. The van der Waals surface area contributed by atoms with E-state index < -0.39 is 17.8 Å². The molecule has 2 N–H and O–H groups in total. The monoisotopic (exact) mass is 390 g/mol. The summed E-state index contributed by atoms with van der Waals surface area (Å²) in [5.74, 6) is 0. The number of hydrogen-bond acceptors (Lipinski definition) is 6. The Labute approximate surface area is 164 Å². The van der Waals surface area contributed by atoms with Crippen LogP contribution in [0, 0.1) is 0 Å². The first kappa shape index (κ1) is 21.6. The van der Waals surface area contributed by atoms with Crippen LogP contribution in [0.1, 0.15) is 5.56 Å². The molecule has 0 amide bonds. The molecule has 0 bridgehead atoms. The van der Waals surface area contributed by atoms with Crippen molar-refractivity contribution in [3.63, 3.8) is 0 Å². The van der Waals surface area contributed by atoms with Crippen molar-refractivity contribution in [1.82, 2.24) is 0 Å². The van der Waals surface area contributed by atoms with Crippen LogP contribution in [0.4, 0.5) is 0 Å². The zero-order valence-corrected chi connectivity index (χ0v) is 16.1. The largest absolute Gasteiger partial charge is 0.388 e. The van der Waals surface area contributed by atoms with Crippen LogP contribution in [0.2, 0.25) is 0 Å². The second kappa shape index (κ2) is 12.7. The summed E-state index contributed by atoms with van der Waals surface area (Å²) in [4.78, 5) is 0.995. The Kier molecular flexibility index (Phi) is 10.1. The molecule has 2 aromatic carbocycles. The van der Waals surface area contributed by atoms with Gasteiger partial charge in [-0.1, -0.05) is 72.4 Å². The average molecular weight is 391 g/mol. The molecule has 2 rings (SSSR count). The maximum atomic E-state index is 10.0. The molecule has 0 saturated heterocycles. The fourth-order valence-electron chi connectivity index (χ4n) is 2.18. The van der Waals surface area contributed by atoms with Crippen LogP contribution < -0.4 is 0 Å². The molecule has 0 saturated carbocycles. The summed E-state index contributed by atoms with van der Waals surface area (Å²) < 4.78 is 16.3. The van der Waals surface area contributed by atoms with Crippen molar-refractivity contribution in [2.75, 3.05) is 20.3 Å². The van der Waals surface area contributed by atoms with Gasteiger partial charge >= 0.3 is 0 Å². The summed E-state index contributed by atoms with van der Waals surface area (Å²) in [5, 5.41) is 20.0. The number of ether oxygens (including phenoxy) is 3. The van der Waals surface area contributed by atoms with Crippen LogP contribution in [-0.4, -0.2) is 48.4 Å². The lowest BCUT2D eigenvalue weighted by Crippen LogP contribution is -2.31. The Balaban J connectivity index is 1.65. The number of rotatable bonds is 12. The van der Waals surface area contributed by atoms with E-state index in [1.807, 2.05) is 60.7 Å². The fraction of sp³-hybridized carbons (Fsp3) is 0.333. The van der Waals surface area contributed by atoms with E-state index in [0.717, 1.165) is 10.5 Å². The van der Waals surface area contributed by atoms with E-state index in [2.05, 4.69) is 0 Å². The van der Waals surface area contributed by atoms with Crippen molar-refractivity contribution in [3.05, 3.63) is 78.4 Å². The minimum atomic E-state index is -1.05. The molecule has 27 heavy (non-hydrogen) atoms. The van der Waals surface area contributed by atoms with Crippen molar-refractivity contribution in [3.8, 4) is 0 Å². The maximum Gasteiger partial charge on any atom is 0.211 e. The van der Waals surface area contributed by atoms with Crippen molar-refractivity contribution in [2.45, 2.75) is 29.3 Å². The van der Waals surface area contributed by atoms with E-state index in [0.29, 0.717) is 13.2 Å². The second-order valence-electron chi connectivity index (χ2n) is 5.78. The zero-order chi connectivity index (χ0) is 19.3. The van der Waals surface area contributed by atoms with Gasteiger partial charge in [0.2, 0.25) is 5.62 Å². The van der Waals surface area contributed by atoms with Crippen molar-refractivity contribution in [1.29, 1.82) is 0 Å². The quantitative estimate of drug-likeness (QED) is 0.251. The summed E-state index contributed by atoms with van der Waals surface area (Å²) in [6, 6.07) is 19.5. The summed E-state index contributed by atoms with van der Waals surface area (Å²) in [6.45, 7) is 0.804. The minimum absolute atomic E-state index is 0.0469. The van der Waals surface area contributed by atoms with Gasteiger partial charge in [0.1, 0.15) is 12.2 Å². The molecule has 3 atom stereocenters. The van der Waals surface area contributed by atoms with Crippen molar-refractivity contribution < 1.29 is 24.4 Å². The first-order chi connectivity index (χ1) is 13.2. The van der Waals surface area contributed by atoms with Crippen molar-refractivity contribution >= 4 is 11.8 Å². The molecule has 2 aromatic rings. The van der Waals surface area contributed by atoms with Gasteiger partial charge in [0.05, 0.1) is 19.8 Å². The maximum absolute atomic E-state index is 10.0. The van der Waals surface area contributed by atoms with Crippen LogP contribution in [-0.2, 0) is 20.8 Å². The molecule has 0 heterocycles.